The van der Waals surface area contributed by atoms with Crippen molar-refractivity contribution in [3.8, 4) is 11.1 Å². The third-order valence-electron chi connectivity index (χ3n) is 2.96. The molecule has 4 nitrogen and oxygen atoms in total. The second kappa shape index (κ2) is 5.87. The van der Waals surface area contributed by atoms with Gasteiger partial charge in [-0.25, -0.2) is 22.8 Å². The van der Waals surface area contributed by atoms with Crippen LogP contribution >= 0.6 is 23.2 Å². The Morgan fingerprint density at radius 1 is 1.19 bits per heavy atom. The lowest BCUT2D eigenvalue weighted by Gasteiger charge is -2.12. The number of benzene rings is 1. The molecule has 2 aromatic rings. The van der Waals surface area contributed by atoms with Gasteiger partial charge in [-0.15, -0.1) is 0 Å². The molecule has 0 bridgehead atoms. The molecular formula is C13H11Cl2FN2O2S. The topological polar surface area (TPSA) is 59.9 Å². The van der Waals surface area contributed by atoms with Crippen LogP contribution in [0.5, 0.6) is 0 Å². The van der Waals surface area contributed by atoms with E-state index < -0.39 is 20.9 Å². The minimum Gasteiger partial charge on any atom is -0.228 e. The Morgan fingerprint density at radius 3 is 2.24 bits per heavy atom. The monoisotopic (exact) mass is 348 g/mol. The van der Waals surface area contributed by atoms with Crippen molar-refractivity contribution in [2.45, 2.75) is 12.2 Å². The molecule has 112 valence electrons. The van der Waals surface area contributed by atoms with Crippen molar-refractivity contribution in [2.75, 3.05) is 6.26 Å². The fraction of sp³-hybridized carbons (Fsp3) is 0.231. The van der Waals surface area contributed by atoms with Gasteiger partial charge in [0.25, 0.3) is 0 Å². The first kappa shape index (κ1) is 16.1. The molecule has 1 heterocycles. The molecule has 0 radical (unpaired) electrons. The van der Waals surface area contributed by atoms with Gasteiger partial charge < -0.3 is 0 Å². The Hall–Kier alpha value is -1.24. The van der Waals surface area contributed by atoms with Crippen molar-refractivity contribution in [3.63, 3.8) is 0 Å². The molecule has 0 saturated carbocycles. The van der Waals surface area contributed by atoms with E-state index in [1.165, 1.54) is 25.1 Å². The second-order valence-corrected chi connectivity index (χ2v) is 7.60. The molecule has 2 rings (SSSR count). The molecule has 0 aliphatic carbocycles. The molecule has 1 atom stereocenters. The van der Waals surface area contributed by atoms with Gasteiger partial charge in [0.15, 0.2) is 9.84 Å². The molecule has 0 amide bonds. The van der Waals surface area contributed by atoms with E-state index in [0.29, 0.717) is 5.56 Å². The van der Waals surface area contributed by atoms with Crippen LogP contribution in [0, 0.1) is 5.82 Å². The maximum absolute atomic E-state index is 13.3. The summed E-state index contributed by atoms with van der Waals surface area (Å²) in [6, 6.07) is 5.64. The van der Waals surface area contributed by atoms with Gasteiger partial charge in [0.1, 0.15) is 27.2 Å². The Bertz CT molecular complexity index is 774. The van der Waals surface area contributed by atoms with Crippen molar-refractivity contribution >= 4 is 33.0 Å². The molecule has 1 aromatic carbocycles. The van der Waals surface area contributed by atoms with E-state index in [1.54, 1.807) is 6.07 Å². The van der Waals surface area contributed by atoms with E-state index in [2.05, 4.69) is 9.97 Å². The molecule has 1 aromatic heterocycles. The van der Waals surface area contributed by atoms with Crippen LogP contribution in [0.15, 0.2) is 24.3 Å². The summed E-state index contributed by atoms with van der Waals surface area (Å²) in [6.07, 6.45) is 1.07. The molecule has 0 fully saturated rings. The van der Waals surface area contributed by atoms with Gasteiger partial charge in [0.05, 0.1) is 5.56 Å². The fourth-order valence-corrected chi connectivity index (χ4v) is 2.79. The number of sulfone groups is 1. The van der Waals surface area contributed by atoms with Crippen LogP contribution in [0.1, 0.15) is 18.0 Å². The zero-order valence-electron chi connectivity index (χ0n) is 11.1. The fourth-order valence-electron chi connectivity index (χ4n) is 1.68. The van der Waals surface area contributed by atoms with Gasteiger partial charge in [0.2, 0.25) is 0 Å². The average molecular weight is 349 g/mol. The average Bonchev–Trinajstić information content (AvgIpc) is 2.36. The SMILES string of the molecule is CC(c1nc(Cl)c(-c2cccc(F)c2)c(Cl)n1)S(C)(=O)=O. The van der Waals surface area contributed by atoms with Crippen LogP contribution in [-0.2, 0) is 9.84 Å². The molecule has 0 spiro atoms. The van der Waals surface area contributed by atoms with Gasteiger partial charge in [-0.05, 0) is 24.6 Å². The Kier molecular flexibility index (Phi) is 4.51. The highest BCUT2D eigenvalue weighted by Crippen LogP contribution is 2.34. The van der Waals surface area contributed by atoms with Crippen molar-refractivity contribution in [1.29, 1.82) is 0 Å². The maximum Gasteiger partial charge on any atom is 0.157 e. The summed E-state index contributed by atoms with van der Waals surface area (Å²) in [6.45, 7) is 1.44. The number of hydrogen-bond acceptors (Lipinski definition) is 4. The number of nitrogens with zero attached hydrogens (tertiary/aromatic N) is 2. The first-order valence-electron chi connectivity index (χ1n) is 5.88. The Balaban J connectivity index is 2.58. The van der Waals surface area contributed by atoms with E-state index in [-0.39, 0.29) is 21.7 Å². The quantitative estimate of drug-likeness (QED) is 0.793. The number of hydrogen-bond donors (Lipinski definition) is 0. The minimum absolute atomic E-state index is 0.00709. The van der Waals surface area contributed by atoms with Gasteiger partial charge in [0, 0.05) is 6.26 Å². The normalized spacial score (nSPS) is 13.2. The minimum atomic E-state index is -3.38. The van der Waals surface area contributed by atoms with Crippen LogP contribution in [0.4, 0.5) is 4.39 Å². The third-order valence-corrected chi connectivity index (χ3v) is 5.00. The summed E-state index contributed by atoms with van der Waals surface area (Å²) in [5.41, 5.74) is 0.686. The molecule has 0 aliphatic heterocycles. The van der Waals surface area contributed by atoms with Crippen LogP contribution in [0.25, 0.3) is 11.1 Å². The zero-order chi connectivity index (χ0) is 15.8. The van der Waals surface area contributed by atoms with Gasteiger partial charge in [-0.3, -0.25) is 0 Å². The summed E-state index contributed by atoms with van der Waals surface area (Å²) in [5, 5.41) is -0.980. The van der Waals surface area contributed by atoms with Crippen LogP contribution in [-0.4, -0.2) is 24.6 Å². The van der Waals surface area contributed by atoms with Crippen molar-refractivity contribution in [1.82, 2.24) is 9.97 Å². The highest BCUT2D eigenvalue weighted by Gasteiger charge is 2.23. The molecule has 0 aliphatic rings. The van der Waals surface area contributed by atoms with E-state index >= 15 is 0 Å². The van der Waals surface area contributed by atoms with Crippen LogP contribution in [0.3, 0.4) is 0 Å². The highest BCUT2D eigenvalue weighted by atomic mass is 35.5. The van der Waals surface area contributed by atoms with E-state index in [1.807, 2.05) is 0 Å². The second-order valence-electron chi connectivity index (χ2n) is 4.52. The summed E-state index contributed by atoms with van der Waals surface area (Å²) in [4.78, 5) is 7.95. The van der Waals surface area contributed by atoms with Crippen molar-refractivity contribution in [2.24, 2.45) is 0 Å². The number of aromatic nitrogens is 2. The molecule has 0 saturated heterocycles. The summed E-state index contributed by atoms with van der Waals surface area (Å²) < 4.78 is 36.3. The lowest BCUT2D eigenvalue weighted by Crippen LogP contribution is -2.12. The van der Waals surface area contributed by atoms with E-state index in [4.69, 9.17) is 23.2 Å². The zero-order valence-corrected chi connectivity index (χ0v) is 13.5. The molecule has 21 heavy (non-hydrogen) atoms. The number of halogens is 3. The predicted octanol–water partition coefficient (Wildman–Crippen LogP) is 3.70. The standard InChI is InChI=1S/C13H11Cl2FN2O2S/c1-7(21(2,19)20)13-17-11(14)10(12(15)18-13)8-4-3-5-9(16)6-8/h3-7H,1-2H3. The lowest BCUT2D eigenvalue weighted by atomic mass is 10.1. The van der Waals surface area contributed by atoms with Gasteiger partial charge >= 0.3 is 0 Å². The number of rotatable bonds is 3. The van der Waals surface area contributed by atoms with Crippen molar-refractivity contribution < 1.29 is 12.8 Å². The van der Waals surface area contributed by atoms with Crippen molar-refractivity contribution in [3.05, 3.63) is 46.2 Å². The first-order valence-corrected chi connectivity index (χ1v) is 8.59. The summed E-state index contributed by atoms with van der Waals surface area (Å²) in [5.74, 6) is -0.444. The Labute approximate surface area is 131 Å². The lowest BCUT2D eigenvalue weighted by molar-refractivity contribution is 0.589. The molecule has 1 unspecified atom stereocenters. The smallest absolute Gasteiger partial charge is 0.157 e. The van der Waals surface area contributed by atoms with E-state index in [9.17, 15) is 12.8 Å². The van der Waals surface area contributed by atoms with E-state index in [0.717, 1.165) is 6.26 Å². The predicted molar refractivity (Wildman–Crippen MR) is 80.7 cm³/mol. The summed E-state index contributed by atoms with van der Waals surface area (Å²) in [7, 11) is -3.38. The highest BCUT2D eigenvalue weighted by molar-refractivity contribution is 7.90. The molecular weight excluding hydrogens is 338 g/mol. The maximum atomic E-state index is 13.3. The van der Waals surface area contributed by atoms with Gasteiger partial charge in [-0.2, -0.15) is 0 Å². The van der Waals surface area contributed by atoms with Crippen LogP contribution < -0.4 is 0 Å². The Morgan fingerprint density at radius 2 is 1.76 bits per heavy atom. The molecule has 8 heteroatoms. The first-order chi connectivity index (χ1) is 9.70. The van der Waals surface area contributed by atoms with Crippen LogP contribution in [0.2, 0.25) is 10.3 Å². The largest absolute Gasteiger partial charge is 0.228 e. The molecule has 0 N–H and O–H groups in total. The summed E-state index contributed by atoms with van der Waals surface area (Å²) >= 11 is 12.1. The third kappa shape index (κ3) is 3.51. The van der Waals surface area contributed by atoms with Gasteiger partial charge in [-0.1, -0.05) is 35.3 Å².